The van der Waals surface area contributed by atoms with Crippen LogP contribution < -0.4 is 10.1 Å². The van der Waals surface area contributed by atoms with Gasteiger partial charge in [0, 0.05) is 19.0 Å². The van der Waals surface area contributed by atoms with Crippen LogP contribution in [0.3, 0.4) is 0 Å². The maximum absolute atomic E-state index is 11.1. The Morgan fingerprint density at radius 2 is 1.68 bits per heavy atom. The molecule has 0 aromatic heterocycles. The first-order valence-corrected chi connectivity index (χ1v) is 10.1. The lowest BCUT2D eigenvalue weighted by molar-refractivity contribution is -0.329. The molecule has 2 fully saturated rings. The summed E-state index contributed by atoms with van der Waals surface area (Å²) in [6.07, 6.45) is -8.27. The van der Waals surface area contributed by atoms with Crippen molar-refractivity contribution in [2.24, 2.45) is 0 Å². The number of aliphatic hydroxyl groups is 5. The van der Waals surface area contributed by atoms with Crippen molar-refractivity contribution >= 4 is 11.6 Å². The summed E-state index contributed by atoms with van der Waals surface area (Å²) in [7, 11) is 0. The van der Waals surface area contributed by atoms with Gasteiger partial charge in [-0.3, -0.25) is 4.79 Å². The lowest BCUT2D eigenvalue weighted by Crippen LogP contribution is -2.60. The highest BCUT2D eigenvalue weighted by Gasteiger charge is 2.46. The van der Waals surface area contributed by atoms with Gasteiger partial charge in [-0.1, -0.05) is 0 Å². The van der Waals surface area contributed by atoms with Gasteiger partial charge in [-0.25, -0.2) is 0 Å². The van der Waals surface area contributed by atoms with Gasteiger partial charge in [-0.15, -0.1) is 0 Å². The zero-order valence-electron chi connectivity index (χ0n) is 17.0. The number of carbonyl (C=O) groups excluding carboxylic acids is 1. The van der Waals surface area contributed by atoms with Crippen molar-refractivity contribution in [3.8, 4) is 5.75 Å². The van der Waals surface area contributed by atoms with E-state index < -0.39 is 55.8 Å². The van der Waals surface area contributed by atoms with Crippen LogP contribution >= 0.6 is 0 Å². The van der Waals surface area contributed by atoms with Gasteiger partial charge in [0.2, 0.25) is 5.91 Å². The van der Waals surface area contributed by atoms with E-state index in [4.69, 9.17) is 18.9 Å². The highest BCUT2D eigenvalue weighted by molar-refractivity contribution is 5.88. The molecule has 0 saturated carbocycles. The highest BCUT2D eigenvalue weighted by Crippen LogP contribution is 2.29. The molecule has 1 aromatic carbocycles. The number of carbonyl (C=O) groups is 1. The average Bonchev–Trinajstić information content (AvgIpc) is 2.76. The molecule has 1 amide bonds. The SMILES string of the molecule is CC(=O)Nc1ccc(O[C@@H]2CCC(O[C@H]3OC(CO)[C@@H](O)C(O)[C@H]3O)C(CO)O2)cc1. The van der Waals surface area contributed by atoms with E-state index >= 15 is 0 Å². The third-order valence-corrected chi connectivity index (χ3v) is 5.21. The minimum absolute atomic E-state index is 0.180. The van der Waals surface area contributed by atoms with Crippen LogP contribution in [-0.4, -0.2) is 93.9 Å². The minimum atomic E-state index is -1.55. The fourth-order valence-electron chi connectivity index (χ4n) is 3.56. The molecule has 6 N–H and O–H groups in total. The Bertz CT molecular complexity index is 714. The molecule has 11 nitrogen and oxygen atoms in total. The quantitative estimate of drug-likeness (QED) is 0.298. The molecule has 1 aromatic rings. The number of nitrogens with one attached hydrogen (secondary N) is 1. The number of aliphatic hydroxyl groups excluding tert-OH is 5. The van der Waals surface area contributed by atoms with Gasteiger partial charge < -0.3 is 49.8 Å². The fourth-order valence-corrected chi connectivity index (χ4v) is 3.56. The van der Waals surface area contributed by atoms with Crippen LogP contribution in [0.1, 0.15) is 19.8 Å². The van der Waals surface area contributed by atoms with Crippen LogP contribution in [0.4, 0.5) is 5.69 Å². The summed E-state index contributed by atoms with van der Waals surface area (Å²) >= 11 is 0. The van der Waals surface area contributed by atoms with Crippen molar-refractivity contribution in [1.29, 1.82) is 0 Å². The molecular formula is C20H29NO10. The second-order valence-electron chi connectivity index (χ2n) is 7.56. The number of benzene rings is 1. The standard InChI is InChI=1S/C20H29NO10/c1-10(24)21-11-2-4-12(5-3-11)28-16-7-6-13(14(8-22)29-16)30-20-19(27)18(26)17(25)15(9-23)31-20/h2-5,13-20,22-23,25-27H,6-9H2,1H3,(H,21,24)/t13?,14?,15?,16-,17+,18?,19+,20-/m0/s1. The van der Waals surface area contributed by atoms with Crippen LogP contribution in [0.2, 0.25) is 0 Å². The maximum atomic E-state index is 11.1. The van der Waals surface area contributed by atoms with Gasteiger partial charge >= 0.3 is 0 Å². The Hall–Kier alpha value is -1.83. The largest absolute Gasteiger partial charge is 0.465 e. The van der Waals surface area contributed by atoms with E-state index in [0.717, 1.165) is 0 Å². The normalized spacial score (nSPS) is 36.1. The summed E-state index contributed by atoms with van der Waals surface area (Å²) in [4.78, 5) is 11.1. The monoisotopic (exact) mass is 443 g/mol. The van der Waals surface area contributed by atoms with E-state index in [0.29, 0.717) is 24.3 Å². The molecule has 2 aliphatic rings. The Labute approximate surface area is 179 Å². The molecule has 4 unspecified atom stereocenters. The van der Waals surface area contributed by atoms with Crippen LogP contribution in [0.15, 0.2) is 24.3 Å². The summed E-state index contributed by atoms with van der Waals surface area (Å²) < 4.78 is 22.6. The molecule has 174 valence electrons. The first-order valence-electron chi connectivity index (χ1n) is 10.1. The lowest BCUT2D eigenvalue weighted by Gasteiger charge is -2.43. The highest BCUT2D eigenvalue weighted by atomic mass is 16.7. The van der Waals surface area contributed by atoms with Crippen molar-refractivity contribution < 1.29 is 49.3 Å². The van der Waals surface area contributed by atoms with E-state index in [1.807, 2.05) is 0 Å². The molecule has 3 rings (SSSR count). The maximum Gasteiger partial charge on any atom is 0.221 e. The van der Waals surface area contributed by atoms with Crippen molar-refractivity contribution in [2.75, 3.05) is 18.5 Å². The topological polar surface area (TPSA) is 167 Å². The lowest BCUT2D eigenvalue weighted by atomic mass is 9.99. The number of hydrogen-bond acceptors (Lipinski definition) is 10. The van der Waals surface area contributed by atoms with E-state index in [1.165, 1.54) is 6.92 Å². The zero-order chi connectivity index (χ0) is 22.5. The molecule has 0 aliphatic carbocycles. The molecule has 2 heterocycles. The molecule has 0 radical (unpaired) electrons. The molecule has 8 atom stereocenters. The van der Waals surface area contributed by atoms with Gasteiger partial charge in [0.1, 0.15) is 36.3 Å². The second kappa shape index (κ2) is 10.7. The fraction of sp³-hybridized carbons (Fsp3) is 0.650. The summed E-state index contributed by atoms with van der Waals surface area (Å²) in [6, 6.07) is 6.74. The molecule has 0 bridgehead atoms. The average molecular weight is 443 g/mol. The molecule has 2 aliphatic heterocycles. The van der Waals surface area contributed by atoms with E-state index in [2.05, 4.69) is 5.32 Å². The van der Waals surface area contributed by atoms with Gasteiger partial charge in [-0.2, -0.15) is 0 Å². The van der Waals surface area contributed by atoms with Crippen molar-refractivity contribution in [3.05, 3.63) is 24.3 Å². The smallest absolute Gasteiger partial charge is 0.221 e. The number of hydrogen-bond donors (Lipinski definition) is 6. The number of amides is 1. The van der Waals surface area contributed by atoms with Gasteiger partial charge in [0.05, 0.1) is 19.3 Å². The number of ether oxygens (including phenoxy) is 4. The van der Waals surface area contributed by atoms with Crippen molar-refractivity contribution in [2.45, 2.75) is 69.0 Å². The molecular weight excluding hydrogens is 414 g/mol. The second-order valence-corrected chi connectivity index (χ2v) is 7.56. The van der Waals surface area contributed by atoms with Crippen LogP contribution in [0.5, 0.6) is 5.75 Å². The Balaban J connectivity index is 1.56. The van der Waals surface area contributed by atoms with Crippen LogP contribution in [0.25, 0.3) is 0 Å². The Morgan fingerprint density at radius 3 is 2.29 bits per heavy atom. The third-order valence-electron chi connectivity index (χ3n) is 5.21. The third kappa shape index (κ3) is 5.90. The first-order chi connectivity index (χ1) is 14.8. The molecule has 11 heteroatoms. The zero-order valence-corrected chi connectivity index (χ0v) is 17.0. The van der Waals surface area contributed by atoms with Crippen molar-refractivity contribution in [3.63, 3.8) is 0 Å². The first kappa shape index (κ1) is 23.8. The summed E-state index contributed by atoms with van der Waals surface area (Å²) in [5.74, 6) is 0.338. The van der Waals surface area contributed by atoms with Gasteiger partial charge in [-0.05, 0) is 30.7 Å². The van der Waals surface area contributed by atoms with Crippen molar-refractivity contribution in [1.82, 2.24) is 0 Å². The Morgan fingerprint density at radius 1 is 1.00 bits per heavy atom. The van der Waals surface area contributed by atoms with Crippen LogP contribution in [0, 0.1) is 0 Å². The van der Waals surface area contributed by atoms with Gasteiger partial charge in [0.15, 0.2) is 12.6 Å². The molecule has 2 saturated heterocycles. The predicted octanol–water partition coefficient (Wildman–Crippen LogP) is -1.29. The summed E-state index contributed by atoms with van der Waals surface area (Å²) in [6.45, 7) is 0.466. The summed E-state index contributed by atoms with van der Waals surface area (Å²) in [5, 5.41) is 51.6. The summed E-state index contributed by atoms with van der Waals surface area (Å²) in [5.41, 5.74) is 0.630. The molecule has 31 heavy (non-hydrogen) atoms. The van der Waals surface area contributed by atoms with E-state index in [-0.39, 0.29) is 12.5 Å². The number of anilines is 1. The minimum Gasteiger partial charge on any atom is -0.465 e. The number of rotatable bonds is 7. The Kier molecular flexibility index (Phi) is 8.19. The van der Waals surface area contributed by atoms with Gasteiger partial charge in [0.25, 0.3) is 0 Å². The van der Waals surface area contributed by atoms with Crippen LogP contribution in [-0.2, 0) is 19.0 Å². The predicted molar refractivity (Wildman–Crippen MR) is 105 cm³/mol. The van der Waals surface area contributed by atoms with E-state index in [9.17, 15) is 30.3 Å². The van der Waals surface area contributed by atoms with E-state index in [1.54, 1.807) is 24.3 Å². The molecule has 0 spiro atoms.